The number of nitrogens with two attached hydrogens (primary N) is 1. The molecular weight excluding hydrogens is 244 g/mol. The lowest BCUT2D eigenvalue weighted by Gasteiger charge is -2.02. The van der Waals surface area contributed by atoms with Crippen LogP contribution in [0.4, 0.5) is 5.69 Å². The van der Waals surface area contributed by atoms with Gasteiger partial charge in [-0.2, -0.15) is 5.10 Å². The summed E-state index contributed by atoms with van der Waals surface area (Å²) in [7, 11) is 0. The average molecular weight is 253 g/mol. The molecule has 3 N–H and O–H groups in total. The highest BCUT2D eigenvalue weighted by Crippen LogP contribution is 2.29. The predicted octanol–water partition coefficient (Wildman–Crippen LogP) is 2.12. The Morgan fingerprint density at radius 3 is 2.86 bits per heavy atom. The zero-order valence-corrected chi connectivity index (χ0v) is 9.17. The maximum atomic E-state index is 5.88. The van der Waals surface area contributed by atoms with Crippen molar-refractivity contribution in [3.05, 3.63) is 28.5 Å². The van der Waals surface area contributed by atoms with Crippen molar-refractivity contribution in [2.75, 3.05) is 5.73 Å². The van der Waals surface area contributed by atoms with Crippen molar-refractivity contribution in [2.24, 2.45) is 0 Å². The van der Waals surface area contributed by atoms with E-state index in [2.05, 4.69) is 31.1 Å². The number of H-pyrrole nitrogens is 1. The number of hydrogen-bond donors (Lipinski definition) is 2. The van der Waals surface area contributed by atoms with Crippen molar-refractivity contribution in [2.45, 2.75) is 6.92 Å². The minimum absolute atomic E-state index is 0.626. The second-order valence-corrected chi connectivity index (χ2v) is 3.80. The molecule has 0 atom stereocenters. The standard InChI is InChI=1S/C9H9BrN4/c1-5-12-9(14-13-5)6-3-2-4-7(10)8(6)11/h2-4H,11H2,1H3,(H,12,13,14). The quantitative estimate of drug-likeness (QED) is 0.765. The summed E-state index contributed by atoms with van der Waals surface area (Å²) >= 11 is 3.36. The number of nitrogens with one attached hydrogen (secondary N) is 1. The van der Waals surface area contributed by atoms with Gasteiger partial charge >= 0.3 is 0 Å². The van der Waals surface area contributed by atoms with Crippen LogP contribution in [0, 0.1) is 6.92 Å². The normalized spacial score (nSPS) is 10.4. The number of benzene rings is 1. The van der Waals surface area contributed by atoms with Crippen LogP contribution in [0.2, 0.25) is 0 Å². The highest BCUT2D eigenvalue weighted by Gasteiger charge is 2.08. The molecule has 0 unspecified atom stereocenters. The maximum Gasteiger partial charge on any atom is 0.183 e. The number of halogens is 1. The molecule has 0 fully saturated rings. The molecule has 0 aliphatic heterocycles. The van der Waals surface area contributed by atoms with Crippen LogP contribution >= 0.6 is 15.9 Å². The highest BCUT2D eigenvalue weighted by atomic mass is 79.9. The fourth-order valence-electron chi connectivity index (χ4n) is 1.20. The fourth-order valence-corrected chi connectivity index (χ4v) is 1.56. The van der Waals surface area contributed by atoms with Gasteiger partial charge < -0.3 is 5.73 Å². The molecule has 14 heavy (non-hydrogen) atoms. The largest absolute Gasteiger partial charge is 0.397 e. The molecule has 5 heteroatoms. The zero-order valence-electron chi connectivity index (χ0n) is 7.58. The van der Waals surface area contributed by atoms with Gasteiger partial charge in [0.2, 0.25) is 0 Å². The third-order valence-electron chi connectivity index (χ3n) is 1.89. The summed E-state index contributed by atoms with van der Waals surface area (Å²) < 4.78 is 0.859. The molecule has 0 radical (unpaired) electrons. The van der Waals surface area contributed by atoms with Crippen LogP contribution in [-0.2, 0) is 0 Å². The summed E-state index contributed by atoms with van der Waals surface area (Å²) in [6.45, 7) is 1.85. The Balaban J connectivity index is 2.57. The lowest BCUT2D eigenvalue weighted by molar-refractivity contribution is 1.04. The van der Waals surface area contributed by atoms with Crippen LogP contribution in [0.25, 0.3) is 11.4 Å². The first-order valence-corrected chi connectivity index (χ1v) is 4.91. The summed E-state index contributed by atoms with van der Waals surface area (Å²) in [5.41, 5.74) is 7.38. The van der Waals surface area contributed by atoms with Crippen LogP contribution in [-0.4, -0.2) is 15.2 Å². The Morgan fingerprint density at radius 2 is 2.21 bits per heavy atom. The van der Waals surface area contributed by atoms with Crippen LogP contribution < -0.4 is 5.73 Å². The van der Waals surface area contributed by atoms with E-state index in [1.54, 1.807) is 0 Å². The summed E-state index contributed by atoms with van der Waals surface area (Å²) in [6, 6.07) is 5.68. The third-order valence-corrected chi connectivity index (χ3v) is 2.58. The van der Waals surface area contributed by atoms with Crippen LogP contribution in [0.3, 0.4) is 0 Å². The topological polar surface area (TPSA) is 67.6 Å². The molecule has 0 aliphatic carbocycles. The number of nitrogen functional groups attached to an aromatic ring is 1. The molecule has 2 aromatic rings. The molecular formula is C9H9BrN4. The van der Waals surface area contributed by atoms with Gasteiger partial charge in [-0.15, -0.1) is 0 Å². The molecule has 1 aromatic carbocycles. The molecule has 1 aromatic heterocycles. The molecule has 0 saturated carbocycles. The second kappa shape index (κ2) is 3.42. The summed E-state index contributed by atoms with van der Waals surface area (Å²) in [5, 5.41) is 6.83. The van der Waals surface area contributed by atoms with Gasteiger partial charge in [0.25, 0.3) is 0 Å². The summed E-state index contributed by atoms with van der Waals surface area (Å²) in [4.78, 5) is 4.22. The van der Waals surface area contributed by atoms with E-state index < -0.39 is 0 Å². The van der Waals surface area contributed by atoms with Crippen LogP contribution in [0.1, 0.15) is 5.82 Å². The minimum Gasteiger partial charge on any atom is -0.397 e. The van der Waals surface area contributed by atoms with Crippen molar-refractivity contribution >= 4 is 21.6 Å². The average Bonchev–Trinajstić information content (AvgIpc) is 2.57. The smallest absolute Gasteiger partial charge is 0.183 e. The lowest BCUT2D eigenvalue weighted by Crippen LogP contribution is -1.92. The number of hydrogen-bond acceptors (Lipinski definition) is 3. The molecule has 2 rings (SSSR count). The minimum atomic E-state index is 0.626. The van der Waals surface area contributed by atoms with E-state index in [1.807, 2.05) is 25.1 Å². The molecule has 4 nitrogen and oxygen atoms in total. The number of aromatic amines is 1. The first-order chi connectivity index (χ1) is 6.68. The molecule has 0 saturated heterocycles. The second-order valence-electron chi connectivity index (χ2n) is 2.95. The fraction of sp³-hybridized carbons (Fsp3) is 0.111. The SMILES string of the molecule is Cc1nc(-c2cccc(Br)c2N)n[nH]1. The van der Waals surface area contributed by atoms with Gasteiger partial charge in [-0.1, -0.05) is 6.07 Å². The van der Waals surface area contributed by atoms with Crippen LogP contribution in [0.5, 0.6) is 0 Å². The van der Waals surface area contributed by atoms with Gasteiger partial charge in [-0.05, 0) is 35.0 Å². The third kappa shape index (κ3) is 1.50. The van der Waals surface area contributed by atoms with Gasteiger partial charge in [0.15, 0.2) is 5.82 Å². The highest BCUT2D eigenvalue weighted by molar-refractivity contribution is 9.10. The number of aryl methyl sites for hydroxylation is 1. The van der Waals surface area contributed by atoms with Crippen molar-refractivity contribution in [1.29, 1.82) is 0 Å². The molecule has 0 amide bonds. The number of rotatable bonds is 1. The van der Waals surface area contributed by atoms with E-state index in [1.165, 1.54) is 0 Å². The molecule has 0 spiro atoms. The van der Waals surface area contributed by atoms with E-state index >= 15 is 0 Å². The van der Waals surface area contributed by atoms with E-state index in [9.17, 15) is 0 Å². The van der Waals surface area contributed by atoms with Gasteiger partial charge in [0, 0.05) is 10.0 Å². The Kier molecular flexibility index (Phi) is 2.25. The van der Waals surface area contributed by atoms with Gasteiger partial charge in [-0.3, -0.25) is 5.10 Å². The first-order valence-electron chi connectivity index (χ1n) is 4.12. The van der Waals surface area contributed by atoms with Crippen molar-refractivity contribution in [3.8, 4) is 11.4 Å². The summed E-state index contributed by atoms with van der Waals surface area (Å²) in [5.74, 6) is 1.40. The molecule has 1 heterocycles. The Bertz CT molecular complexity index is 464. The zero-order chi connectivity index (χ0) is 10.1. The monoisotopic (exact) mass is 252 g/mol. The Labute approximate surface area is 89.7 Å². The van der Waals surface area contributed by atoms with Crippen molar-refractivity contribution < 1.29 is 0 Å². The predicted molar refractivity (Wildman–Crippen MR) is 58.7 cm³/mol. The Hall–Kier alpha value is -1.36. The number of anilines is 1. The molecule has 72 valence electrons. The van der Waals surface area contributed by atoms with Gasteiger partial charge in [0.1, 0.15) is 5.82 Å². The number of para-hydroxylation sites is 1. The molecule has 0 bridgehead atoms. The van der Waals surface area contributed by atoms with E-state index in [4.69, 9.17) is 5.73 Å². The van der Waals surface area contributed by atoms with E-state index in [0.29, 0.717) is 11.5 Å². The van der Waals surface area contributed by atoms with E-state index in [0.717, 1.165) is 15.9 Å². The maximum absolute atomic E-state index is 5.88. The molecule has 0 aliphatic rings. The number of nitrogens with zero attached hydrogens (tertiary/aromatic N) is 2. The van der Waals surface area contributed by atoms with Crippen molar-refractivity contribution in [3.63, 3.8) is 0 Å². The number of aromatic nitrogens is 3. The van der Waals surface area contributed by atoms with Gasteiger partial charge in [0.05, 0.1) is 5.69 Å². The lowest BCUT2D eigenvalue weighted by atomic mass is 10.2. The Morgan fingerprint density at radius 1 is 1.43 bits per heavy atom. The van der Waals surface area contributed by atoms with Crippen molar-refractivity contribution in [1.82, 2.24) is 15.2 Å². The first kappa shape index (κ1) is 9.21. The van der Waals surface area contributed by atoms with Crippen LogP contribution in [0.15, 0.2) is 22.7 Å². The van der Waals surface area contributed by atoms with E-state index in [-0.39, 0.29) is 0 Å². The summed E-state index contributed by atoms with van der Waals surface area (Å²) in [6.07, 6.45) is 0. The van der Waals surface area contributed by atoms with Gasteiger partial charge in [-0.25, -0.2) is 4.98 Å².